The molecule has 8 nitrogen and oxygen atoms in total. The van der Waals surface area contributed by atoms with Gasteiger partial charge in [-0.3, -0.25) is 4.99 Å². The van der Waals surface area contributed by atoms with Crippen molar-refractivity contribution in [3.63, 3.8) is 0 Å². The lowest BCUT2D eigenvalue weighted by Crippen LogP contribution is -2.42. The molecule has 2 fully saturated rings. The highest BCUT2D eigenvalue weighted by Gasteiger charge is 2.51. The Morgan fingerprint density at radius 3 is 2.82 bits per heavy atom. The van der Waals surface area contributed by atoms with E-state index in [-0.39, 0.29) is 12.6 Å². The summed E-state index contributed by atoms with van der Waals surface area (Å²) in [6.45, 7) is 17.5. The van der Waals surface area contributed by atoms with Crippen LogP contribution in [0.1, 0.15) is 45.7 Å². The van der Waals surface area contributed by atoms with Crippen LogP contribution >= 0.6 is 0 Å². The van der Waals surface area contributed by atoms with Crippen molar-refractivity contribution in [2.24, 2.45) is 21.3 Å². The minimum Gasteiger partial charge on any atom is -0.395 e. The van der Waals surface area contributed by atoms with Crippen molar-refractivity contribution >= 4 is 18.4 Å². The van der Waals surface area contributed by atoms with Gasteiger partial charge in [-0.2, -0.15) is 0 Å². The summed E-state index contributed by atoms with van der Waals surface area (Å²) in [5, 5.41) is 20.7. The van der Waals surface area contributed by atoms with Gasteiger partial charge in [0.15, 0.2) is 0 Å². The van der Waals surface area contributed by atoms with Crippen LogP contribution in [0.3, 0.4) is 0 Å². The van der Waals surface area contributed by atoms with Crippen LogP contribution in [0.2, 0.25) is 0 Å². The van der Waals surface area contributed by atoms with Crippen molar-refractivity contribution in [2.75, 3.05) is 44.9 Å². The van der Waals surface area contributed by atoms with Gasteiger partial charge >= 0.3 is 0 Å². The number of hydrogen-bond donors (Lipinski definition) is 4. The van der Waals surface area contributed by atoms with Crippen molar-refractivity contribution < 1.29 is 5.11 Å². The molecule has 1 aromatic heterocycles. The summed E-state index contributed by atoms with van der Waals surface area (Å²) in [7, 11) is 1.95. The molecule has 2 unspecified atom stereocenters. The van der Waals surface area contributed by atoms with Gasteiger partial charge < -0.3 is 26.0 Å². The quantitative estimate of drug-likeness (QED) is 0.213. The fraction of sp³-hybridized carbons (Fsp3) is 0.516. The molecular formula is C31H47N7O. The molecule has 0 amide bonds. The topological polar surface area (TPSA) is 97.2 Å². The number of aromatic nitrogens is 1. The molecule has 2 aliphatic rings. The van der Waals surface area contributed by atoms with E-state index in [0.29, 0.717) is 12.6 Å². The number of aliphatic hydroxyl groups is 1. The van der Waals surface area contributed by atoms with E-state index in [2.05, 4.69) is 71.2 Å². The molecule has 0 aromatic carbocycles. The molecule has 8 heteroatoms. The molecule has 0 aliphatic carbocycles. The van der Waals surface area contributed by atoms with Crippen molar-refractivity contribution in [1.82, 2.24) is 20.9 Å². The van der Waals surface area contributed by atoms with Gasteiger partial charge in [0, 0.05) is 54.1 Å². The van der Waals surface area contributed by atoms with Crippen molar-refractivity contribution in [2.45, 2.75) is 52.5 Å². The van der Waals surface area contributed by atoms with Gasteiger partial charge in [0.05, 0.1) is 6.61 Å². The monoisotopic (exact) mass is 533 g/mol. The molecule has 3 rings (SSSR count). The van der Waals surface area contributed by atoms with Crippen LogP contribution in [0.5, 0.6) is 0 Å². The number of pyridine rings is 1. The third kappa shape index (κ3) is 7.32. The molecule has 1 aromatic rings. The van der Waals surface area contributed by atoms with E-state index in [4.69, 9.17) is 9.98 Å². The van der Waals surface area contributed by atoms with Crippen LogP contribution in [0.15, 0.2) is 76.0 Å². The Kier molecular flexibility index (Phi) is 11.7. The summed E-state index contributed by atoms with van der Waals surface area (Å²) in [6.07, 6.45) is 11.8. The summed E-state index contributed by atoms with van der Waals surface area (Å²) in [5.74, 6) is 2.10. The van der Waals surface area contributed by atoms with Gasteiger partial charge in [-0.15, -0.1) is 0 Å². The van der Waals surface area contributed by atoms with Crippen molar-refractivity contribution in [1.29, 1.82) is 0 Å². The normalized spacial score (nSPS) is 25.8. The van der Waals surface area contributed by atoms with Gasteiger partial charge in [-0.05, 0) is 64.2 Å². The molecule has 3 atom stereocenters. The summed E-state index contributed by atoms with van der Waals surface area (Å²) < 4.78 is 0. The third-order valence-electron chi connectivity index (χ3n) is 7.80. The zero-order valence-corrected chi connectivity index (χ0v) is 24.2. The Morgan fingerprint density at radius 1 is 1.36 bits per heavy atom. The second kappa shape index (κ2) is 14.9. The van der Waals surface area contributed by atoms with Gasteiger partial charge in [0.25, 0.3) is 0 Å². The van der Waals surface area contributed by atoms with Gasteiger partial charge in [0.2, 0.25) is 0 Å². The predicted octanol–water partition coefficient (Wildman–Crippen LogP) is 3.99. The highest BCUT2D eigenvalue weighted by molar-refractivity contribution is 6.13. The van der Waals surface area contributed by atoms with E-state index in [1.54, 1.807) is 6.20 Å². The second-order valence-corrected chi connectivity index (χ2v) is 10.5. The molecular weight excluding hydrogens is 486 g/mol. The number of hydrogen-bond acceptors (Lipinski definition) is 7. The lowest BCUT2D eigenvalue weighted by Gasteiger charge is -2.33. The average Bonchev–Trinajstić information content (AvgIpc) is 3.57. The van der Waals surface area contributed by atoms with Crippen molar-refractivity contribution in [3.05, 3.63) is 71.7 Å². The summed E-state index contributed by atoms with van der Waals surface area (Å²) >= 11 is 0. The number of aliphatic hydroxyl groups excluding tert-OH is 1. The summed E-state index contributed by atoms with van der Waals surface area (Å²) in [5.41, 5.74) is 3.45. The van der Waals surface area contributed by atoms with Gasteiger partial charge in [-0.1, -0.05) is 50.6 Å². The number of likely N-dealkylation sites (N-methyl/N-ethyl adjacent to an activating group) is 1. The number of rotatable bonds is 14. The van der Waals surface area contributed by atoms with E-state index in [0.717, 1.165) is 79.5 Å². The maximum Gasteiger partial charge on any atom is 0.136 e. The Morgan fingerprint density at radius 2 is 2.18 bits per heavy atom. The molecule has 0 saturated carbocycles. The predicted molar refractivity (Wildman–Crippen MR) is 164 cm³/mol. The van der Waals surface area contributed by atoms with Gasteiger partial charge in [0.1, 0.15) is 18.3 Å². The smallest absolute Gasteiger partial charge is 0.136 e. The van der Waals surface area contributed by atoms with Crippen LogP contribution in [0, 0.1) is 11.3 Å². The SMILES string of the molecule is C=N/C=C1\C(=N/CNC(/C=C\C(=C)C2CCNC2)=C/C)N(c2cccc(CCNC)n2)[C@@H](CCC)C1(C)CO. The first kappa shape index (κ1) is 30.5. The number of amidine groups is 1. The zero-order chi connectivity index (χ0) is 28.3. The van der Waals surface area contributed by atoms with E-state index in [1.165, 1.54) is 0 Å². The van der Waals surface area contributed by atoms with E-state index >= 15 is 0 Å². The Bertz CT molecular complexity index is 1100. The molecule has 212 valence electrons. The first-order valence-corrected chi connectivity index (χ1v) is 14.1. The largest absolute Gasteiger partial charge is 0.395 e. The molecule has 0 radical (unpaired) electrons. The lowest BCUT2D eigenvalue weighted by molar-refractivity contribution is 0.158. The number of allylic oxidation sites excluding steroid dienone is 3. The number of nitrogens with zero attached hydrogens (tertiary/aromatic N) is 4. The van der Waals surface area contributed by atoms with E-state index < -0.39 is 5.41 Å². The Labute approximate surface area is 234 Å². The van der Waals surface area contributed by atoms with Gasteiger partial charge in [-0.25, -0.2) is 9.98 Å². The van der Waals surface area contributed by atoms with Crippen LogP contribution < -0.4 is 20.9 Å². The molecule has 0 spiro atoms. The second-order valence-electron chi connectivity index (χ2n) is 10.5. The highest BCUT2D eigenvalue weighted by atomic mass is 16.3. The van der Waals surface area contributed by atoms with Crippen molar-refractivity contribution in [3.8, 4) is 0 Å². The molecule has 2 saturated heterocycles. The number of nitrogens with one attached hydrogen (secondary N) is 3. The number of anilines is 1. The lowest BCUT2D eigenvalue weighted by atomic mass is 9.78. The maximum absolute atomic E-state index is 10.7. The van der Waals surface area contributed by atoms with E-state index in [1.807, 2.05) is 32.2 Å². The molecule has 4 N–H and O–H groups in total. The zero-order valence-electron chi connectivity index (χ0n) is 24.2. The molecule has 39 heavy (non-hydrogen) atoms. The Balaban J connectivity index is 1.93. The minimum atomic E-state index is -0.560. The maximum atomic E-state index is 10.7. The third-order valence-corrected chi connectivity index (χ3v) is 7.80. The van der Waals surface area contributed by atoms with Crippen LogP contribution in [0.4, 0.5) is 5.82 Å². The van der Waals surface area contributed by atoms with Crippen LogP contribution in [-0.2, 0) is 6.42 Å². The molecule has 3 heterocycles. The van der Waals surface area contributed by atoms with Crippen LogP contribution in [-0.4, -0.2) is 68.6 Å². The minimum absolute atomic E-state index is 0.0178. The standard InChI is InChI=1S/C31H47N7O/c1-7-10-28-31(4,21-39)27(20-33-6)30(38(28)29-12-9-11-26(37-29)16-17-32-5)36-22-35-25(8-2)14-13-23(3)24-15-18-34-19-24/h8-9,11-14,20,24,28,32,34-35,39H,3,6-7,10,15-19,21-22H2,1-2,4-5H3/b14-13-,25-8+,27-20+,36-30+/t24?,28-,31?/m0/s1. The number of aliphatic imine (C=N–C) groups is 2. The summed E-state index contributed by atoms with van der Waals surface area (Å²) in [6, 6.07) is 6.11. The first-order valence-electron chi connectivity index (χ1n) is 14.1. The first-order chi connectivity index (χ1) is 18.9. The molecule has 2 aliphatic heterocycles. The van der Waals surface area contributed by atoms with Crippen LogP contribution in [0.25, 0.3) is 0 Å². The summed E-state index contributed by atoms with van der Waals surface area (Å²) in [4.78, 5) is 16.4. The average molecular weight is 534 g/mol. The highest BCUT2D eigenvalue weighted by Crippen LogP contribution is 2.46. The van der Waals surface area contributed by atoms with E-state index in [9.17, 15) is 5.11 Å². The fourth-order valence-corrected chi connectivity index (χ4v) is 5.40. The molecule has 0 bridgehead atoms. The Hall–Kier alpha value is -3.07. The fourth-order valence-electron chi connectivity index (χ4n) is 5.40.